The Labute approximate surface area is 113 Å². The van der Waals surface area contributed by atoms with Gasteiger partial charge >= 0.3 is 0 Å². The van der Waals surface area contributed by atoms with E-state index >= 15 is 0 Å². The zero-order valence-electron chi connectivity index (χ0n) is 10.6. The highest BCUT2D eigenvalue weighted by Crippen LogP contribution is 2.29. The molecule has 0 aliphatic heterocycles. The van der Waals surface area contributed by atoms with Crippen LogP contribution in [0.1, 0.15) is 32.1 Å². The molecule has 7 heteroatoms. The number of nitrogens with two attached hydrogens (primary N) is 1. The van der Waals surface area contributed by atoms with Crippen LogP contribution in [0.5, 0.6) is 0 Å². The number of sulfonamides is 1. The Morgan fingerprint density at radius 1 is 1.37 bits per heavy atom. The second-order valence-electron chi connectivity index (χ2n) is 4.85. The van der Waals surface area contributed by atoms with Gasteiger partial charge in [0.05, 0.1) is 5.54 Å². The quantitative estimate of drug-likeness (QED) is 0.565. The lowest BCUT2D eigenvalue weighted by Gasteiger charge is -2.36. The van der Waals surface area contributed by atoms with Gasteiger partial charge < -0.3 is 5.73 Å². The molecule has 0 unspecified atom stereocenters. The van der Waals surface area contributed by atoms with Gasteiger partial charge in [0, 0.05) is 12.4 Å². The first-order chi connectivity index (χ1) is 8.96. The van der Waals surface area contributed by atoms with Crippen LogP contribution in [-0.4, -0.2) is 24.8 Å². The van der Waals surface area contributed by atoms with Gasteiger partial charge in [-0.3, -0.25) is 10.4 Å². The average Bonchev–Trinajstić information content (AvgIpc) is 2.40. The summed E-state index contributed by atoms with van der Waals surface area (Å²) in [5.41, 5.74) is 4.69. The van der Waals surface area contributed by atoms with Gasteiger partial charge in [-0.2, -0.15) is 4.72 Å². The first-order valence-corrected chi connectivity index (χ1v) is 7.73. The molecule has 1 aromatic heterocycles. The van der Waals surface area contributed by atoms with Crippen molar-refractivity contribution in [3.05, 3.63) is 24.5 Å². The van der Waals surface area contributed by atoms with Gasteiger partial charge in [0.1, 0.15) is 10.7 Å². The maximum absolute atomic E-state index is 12.3. The van der Waals surface area contributed by atoms with E-state index < -0.39 is 15.6 Å². The Kier molecular flexibility index (Phi) is 3.86. The monoisotopic (exact) mass is 282 g/mol. The van der Waals surface area contributed by atoms with Crippen LogP contribution < -0.4 is 10.5 Å². The summed E-state index contributed by atoms with van der Waals surface area (Å²) in [4.78, 5) is 3.91. The van der Waals surface area contributed by atoms with E-state index in [9.17, 15) is 8.42 Å². The van der Waals surface area contributed by atoms with Crippen molar-refractivity contribution >= 4 is 15.9 Å². The molecule has 1 heterocycles. The first-order valence-electron chi connectivity index (χ1n) is 6.25. The van der Waals surface area contributed by atoms with Crippen molar-refractivity contribution in [1.29, 1.82) is 5.41 Å². The van der Waals surface area contributed by atoms with Gasteiger partial charge in [0.25, 0.3) is 0 Å². The number of hydrogen-bond acceptors (Lipinski definition) is 4. The zero-order valence-corrected chi connectivity index (χ0v) is 11.4. The molecule has 1 aliphatic carbocycles. The molecular formula is C12H18N4O2S. The van der Waals surface area contributed by atoms with E-state index in [1.807, 2.05) is 0 Å². The van der Waals surface area contributed by atoms with Crippen molar-refractivity contribution in [1.82, 2.24) is 9.71 Å². The summed E-state index contributed by atoms with van der Waals surface area (Å²) < 4.78 is 27.2. The van der Waals surface area contributed by atoms with E-state index in [-0.39, 0.29) is 10.7 Å². The fourth-order valence-electron chi connectivity index (χ4n) is 2.40. The van der Waals surface area contributed by atoms with E-state index in [1.165, 1.54) is 18.5 Å². The first kappa shape index (κ1) is 14.0. The van der Waals surface area contributed by atoms with Crippen LogP contribution in [0.4, 0.5) is 0 Å². The SMILES string of the molecule is N=C(N)C1(NS(=O)(=O)c2cccnc2)CCCCC1. The van der Waals surface area contributed by atoms with Crippen LogP contribution in [0, 0.1) is 5.41 Å². The van der Waals surface area contributed by atoms with E-state index in [1.54, 1.807) is 6.07 Å². The number of aromatic nitrogens is 1. The molecule has 0 atom stereocenters. The lowest BCUT2D eigenvalue weighted by atomic mass is 9.82. The predicted octanol–water partition coefficient (Wildman–Crippen LogP) is 0.999. The highest BCUT2D eigenvalue weighted by atomic mass is 32.2. The fraction of sp³-hybridized carbons (Fsp3) is 0.500. The third-order valence-electron chi connectivity index (χ3n) is 3.50. The van der Waals surface area contributed by atoms with Crippen LogP contribution in [0.3, 0.4) is 0 Å². The number of hydrogen-bond donors (Lipinski definition) is 3. The van der Waals surface area contributed by atoms with E-state index in [2.05, 4.69) is 9.71 Å². The molecule has 0 bridgehead atoms. The lowest BCUT2D eigenvalue weighted by molar-refractivity contribution is 0.348. The van der Waals surface area contributed by atoms with Gasteiger partial charge in [-0.15, -0.1) is 0 Å². The van der Waals surface area contributed by atoms with Crippen molar-refractivity contribution < 1.29 is 8.42 Å². The Morgan fingerprint density at radius 2 is 2.05 bits per heavy atom. The molecule has 1 aliphatic rings. The largest absolute Gasteiger partial charge is 0.386 e. The second kappa shape index (κ2) is 5.26. The topological polar surface area (TPSA) is 109 Å². The van der Waals surface area contributed by atoms with Crippen LogP contribution in [0.2, 0.25) is 0 Å². The Hall–Kier alpha value is -1.47. The van der Waals surface area contributed by atoms with Crippen LogP contribution in [0.15, 0.2) is 29.4 Å². The van der Waals surface area contributed by atoms with Crippen LogP contribution in [-0.2, 0) is 10.0 Å². The average molecular weight is 282 g/mol. The van der Waals surface area contributed by atoms with Crippen molar-refractivity contribution in [3.8, 4) is 0 Å². The Balaban J connectivity index is 2.29. The molecular weight excluding hydrogens is 264 g/mol. The number of amidine groups is 1. The Morgan fingerprint density at radius 3 is 2.58 bits per heavy atom. The summed E-state index contributed by atoms with van der Waals surface area (Å²) in [5, 5.41) is 7.71. The summed E-state index contributed by atoms with van der Waals surface area (Å²) in [6.45, 7) is 0. The molecule has 0 spiro atoms. The number of rotatable bonds is 4. The maximum Gasteiger partial charge on any atom is 0.243 e. The van der Waals surface area contributed by atoms with Crippen LogP contribution >= 0.6 is 0 Å². The minimum Gasteiger partial charge on any atom is -0.386 e. The molecule has 6 nitrogen and oxygen atoms in total. The normalized spacial score (nSPS) is 18.9. The number of nitrogens with zero attached hydrogens (tertiary/aromatic N) is 1. The molecule has 1 fully saturated rings. The van der Waals surface area contributed by atoms with Gasteiger partial charge in [0.2, 0.25) is 10.0 Å². The van der Waals surface area contributed by atoms with Gasteiger partial charge in [0.15, 0.2) is 0 Å². The number of nitrogens with one attached hydrogen (secondary N) is 2. The van der Waals surface area contributed by atoms with Crippen molar-refractivity contribution in [2.24, 2.45) is 5.73 Å². The van der Waals surface area contributed by atoms with Gasteiger partial charge in [-0.25, -0.2) is 8.42 Å². The molecule has 4 N–H and O–H groups in total. The van der Waals surface area contributed by atoms with Gasteiger partial charge in [-0.1, -0.05) is 19.3 Å². The molecule has 2 rings (SSSR count). The predicted molar refractivity (Wildman–Crippen MR) is 72.3 cm³/mol. The maximum atomic E-state index is 12.3. The molecule has 0 amide bonds. The minimum absolute atomic E-state index is 0.0983. The van der Waals surface area contributed by atoms with Gasteiger partial charge in [-0.05, 0) is 25.0 Å². The van der Waals surface area contributed by atoms with E-state index in [0.29, 0.717) is 12.8 Å². The fourth-order valence-corrected chi connectivity index (χ4v) is 3.81. The molecule has 0 saturated heterocycles. The second-order valence-corrected chi connectivity index (χ2v) is 6.53. The molecule has 19 heavy (non-hydrogen) atoms. The number of pyridine rings is 1. The summed E-state index contributed by atoms with van der Waals surface area (Å²) in [6.07, 6.45) is 6.73. The summed E-state index contributed by atoms with van der Waals surface area (Å²) in [7, 11) is -3.70. The minimum atomic E-state index is -3.70. The standard InChI is InChI=1S/C12H18N4O2S/c13-11(14)12(6-2-1-3-7-12)16-19(17,18)10-5-4-8-15-9-10/h4-5,8-9,16H,1-3,6-7H2,(H3,13,14). The van der Waals surface area contributed by atoms with Crippen molar-refractivity contribution in [2.75, 3.05) is 0 Å². The molecule has 1 aromatic rings. The summed E-state index contributed by atoms with van der Waals surface area (Å²) in [5.74, 6) is -0.111. The van der Waals surface area contributed by atoms with Crippen molar-refractivity contribution in [2.45, 2.75) is 42.5 Å². The Bertz CT molecular complexity index is 550. The third-order valence-corrected chi connectivity index (χ3v) is 5.02. The highest BCUT2D eigenvalue weighted by Gasteiger charge is 2.39. The molecule has 0 radical (unpaired) electrons. The summed E-state index contributed by atoms with van der Waals surface area (Å²) in [6, 6.07) is 3.04. The third kappa shape index (κ3) is 2.93. The lowest BCUT2D eigenvalue weighted by Crippen LogP contribution is -2.57. The van der Waals surface area contributed by atoms with E-state index in [0.717, 1.165) is 19.3 Å². The zero-order chi connectivity index (χ0) is 13.9. The smallest absolute Gasteiger partial charge is 0.243 e. The molecule has 0 aromatic carbocycles. The highest BCUT2D eigenvalue weighted by molar-refractivity contribution is 7.89. The van der Waals surface area contributed by atoms with E-state index in [4.69, 9.17) is 11.1 Å². The summed E-state index contributed by atoms with van der Waals surface area (Å²) >= 11 is 0. The molecule has 1 saturated carbocycles. The van der Waals surface area contributed by atoms with Crippen molar-refractivity contribution in [3.63, 3.8) is 0 Å². The van der Waals surface area contributed by atoms with Crippen LogP contribution in [0.25, 0.3) is 0 Å². The molecule has 104 valence electrons.